The van der Waals surface area contributed by atoms with E-state index in [2.05, 4.69) is 24.5 Å². The zero-order chi connectivity index (χ0) is 12.0. The first-order valence-corrected chi connectivity index (χ1v) is 5.78. The highest BCUT2D eigenvalue weighted by atomic mass is 16.1. The van der Waals surface area contributed by atoms with E-state index in [1.807, 2.05) is 29.9 Å². The molecule has 2 N–H and O–H groups in total. The normalized spacial score (nSPS) is 12.4. The molecule has 1 aromatic heterocycles. The van der Waals surface area contributed by atoms with Gasteiger partial charge in [0.25, 0.3) is 5.91 Å². The van der Waals surface area contributed by atoms with E-state index in [4.69, 9.17) is 0 Å². The van der Waals surface area contributed by atoms with E-state index in [-0.39, 0.29) is 5.91 Å². The number of hydrogen-bond acceptors (Lipinski definition) is 2. The fourth-order valence-corrected chi connectivity index (χ4v) is 1.43. The van der Waals surface area contributed by atoms with Gasteiger partial charge in [0.1, 0.15) is 5.69 Å². The zero-order valence-corrected chi connectivity index (χ0v) is 10.3. The Morgan fingerprint density at radius 2 is 2.25 bits per heavy atom. The number of carbonyl (C=O) groups excluding carboxylic acids is 1. The quantitative estimate of drug-likeness (QED) is 0.710. The summed E-state index contributed by atoms with van der Waals surface area (Å²) in [7, 11) is 1.87. The molecule has 1 amide bonds. The number of amides is 1. The fourth-order valence-electron chi connectivity index (χ4n) is 1.43. The van der Waals surface area contributed by atoms with E-state index in [9.17, 15) is 4.79 Å². The molecule has 1 aromatic rings. The molecule has 0 bridgehead atoms. The minimum Gasteiger partial charge on any atom is -0.349 e. The number of nitrogens with one attached hydrogen (secondary N) is 2. The largest absolute Gasteiger partial charge is 0.349 e. The molecule has 4 heteroatoms. The zero-order valence-electron chi connectivity index (χ0n) is 10.3. The lowest BCUT2D eigenvalue weighted by Gasteiger charge is -2.11. The fraction of sp³-hybridized carbons (Fsp3) is 0.583. The SMILES string of the molecule is CCC(C)NCCNC(=O)c1cccn1C. The Kier molecular flexibility index (Phi) is 5.05. The Labute approximate surface area is 97.0 Å². The van der Waals surface area contributed by atoms with Gasteiger partial charge in [-0.25, -0.2) is 0 Å². The van der Waals surface area contributed by atoms with E-state index in [1.165, 1.54) is 0 Å². The molecule has 0 spiro atoms. The molecule has 0 saturated carbocycles. The van der Waals surface area contributed by atoms with Gasteiger partial charge in [0.05, 0.1) is 0 Å². The van der Waals surface area contributed by atoms with E-state index in [1.54, 1.807) is 0 Å². The Balaban J connectivity index is 2.24. The third-order valence-electron chi connectivity index (χ3n) is 2.69. The number of aromatic nitrogens is 1. The van der Waals surface area contributed by atoms with E-state index < -0.39 is 0 Å². The minimum atomic E-state index is -0.0153. The summed E-state index contributed by atoms with van der Waals surface area (Å²) < 4.78 is 1.82. The molecule has 0 aliphatic carbocycles. The highest BCUT2D eigenvalue weighted by molar-refractivity contribution is 5.92. The Bertz CT molecular complexity index is 333. The van der Waals surface area contributed by atoms with Crippen LogP contribution in [0, 0.1) is 0 Å². The summed E-state index contributed by atoms with van der Waals surface area (Å²) in [6.07, 6.45) is 2.97. The van der Waals surface area contributed by atoms with Gasteiger partial charge < -0.3 is 15.2 Å². The van der Waals surface area contributed by atoms with Crippen LogP contribution in [0.25, 0.3) is 0 Å². The molecule has 0 saturated heterocycles. The third kappa shape index (κ3) is 3.70. The lowest BCUT2D eigenvalue weighted by atomic mass is 10.2. The summed E-state index contributed by atoms with van der Waals surface area (Å²) >= 11 is 0. The Hall–Kier alpha value is -1.29. The number of carbonyl (C=O) groups is 1. The van der Waals surface area contributed by atoms with Gasteiger partial charge in [0.15, 0.2) is 0 Å². The van der Waals surface area contributed by atoms with Crippen LogP contribution in [0.5, 0.6) is 0 Å². The van der Waals surface area contributed by atoms with E-state index in [0.29, 0.717) is 18.3 Å². The lowest BCUT2D eigenvalue weighted by Crippen LogP contribution is -2.36. The highest BCUT2D eigenvalue weighted by Gasteiger charge is 2.07. The van der Waals surface area contributed by atoms with Crippen LogP contribution in [-0.4, -0.2) is 29.6 Å². The minimum absolute atomic E-state index is 0.0153. The number of hydrogen-bond donors (Lipinski definition) is 2. The summed E-state index contributed by atoms with van der Waals surface area (Å²) in [6.45, 7) is 5.75. The van der Waals surface area contributed by atoms with Gasteiger partial charge in [-0.1, -0.05) is 6.92 Å². The van der Waals surface area contributed by atoms with Gasteiger partial charge in [-0.3, -0.25) is 4.79 Å². The van der Waals surface area contributed by atoms with Crippen LogP contribution < -0.4 is 10.6 Å². The number of nitrogens with zero attached hydrogens (tertiary/aromatic N) is 1. The summed E-state index contributed by atoms with van der Waals surface area (Å²) in [5.74, 6) is -0.0153. The standard InChI is InChI=1S/C12H21N3O/c1-4-10(2)13-7-8-14-12(16)11-6-5-9-15(11)3/h5-6,9-10,13H,4,7-8H2,1-3H3,(H,14,16). The average molecular weight is 223 g/mol. The summed E-state index contributed by atoms with van der Waals surface area (Å²) in [4.78, 5) is 11.7. The van der Waals surface area contributed by atoms with Crippen molar-refractivity contribution >= 4 is 5.91 Å². The van der Waals surface area contributed by atoms with Gasteiger partial charge in [0.2, 0.25) is 0 Å². The summed E-state index contributed by atoms with van der Waals surface area (Å²) in [5.41, 5.74) is 0.698. The molecule has 16 heavy (non-hydrogen) atoms. The van der Waals surface area contributed by atoms with Gasteiger partial charge in [0, 0.05) is 32.4 Å². The van der Waals surface area contributed by atoms with Crippen LogP contribution in [0.15, 0.2) is 18.3 Å². The molecule has 0 aliphatic rings. The monoisotopic (exact) mass is 223 g/mol. The second-order valence-electron chi connectivity index (χ2n) is 4.02. The topological polar surface area (TPSA) is 46.1 Å². The van der Waals surface area contributed by atoms with Gasteiger partial charge in [-0.2, -0.15) is 0 Å². The molecule has 0 fully saturated rings. The molecule has 0 aliphatic heterocycles. The van der Waals surface area contributed by atoms with Crippen molar-refractivity contribution in [3.05, 3.63) is 24.0 Å². The van der Waals surface area contributed by atoms with Crippen molar-refractivity contribution in [2.24, 2.45) is 7.05 Å². The van der Waals surface area contributed by atoms with Crippen molar-refractivity contribution in [3.8, 4) is 0 Å². The molecular weight excluding hydrogens is 202 g/mol. The number of aryl methyl sites for hydroxylation is 1. The van der Waals surface area contributed by atoms with Crippen molar-refractivity contribution in [2.75, 3.05) is 13.1 Å². The predicted molar refractivity (Wildman–Crippen MR) is 65.5 cm³/mol. The summed E-state index contributed by atoms with van der Waals surface area (Å²) in [6, 6.07) is 4.19. The molecule has 0 radical (unpaired) electrons. The van der Waals surface area contributed by atoms with Crippen molar-refractivity contribution in [1.29, 1.82) is 0 Å². The van der Waals surface area contributed by atoms with Crippen LogP contribution >= 0.6 is 0 Å². The smallest absolute Gasteiger partial charge is 0.267 e. The second-order valence-corrected chi connectivity index (χ2v) is 4.02. The van der Waals surface area contributed by atoms with Crippen LogP contribution in [0.4, 0.5) is 0 Å². The van der Waals surface area contributed by atoms with Crippen molar-refractivity contribution in [3.63, 3.8) is 0 Å². The molecule has 0 aromatic carbocycles. The molecule has 1 atom stereocenters. The molecule has 1 unspecified atom stereocenters. The first-order valence-electron chi connectivity index (χ1n) is 5.78. The average Bonchev–Trinajstić information content (AvgIpc) is 2.70. The highest BCUT2D eigenvalue weighted by Crippen LogP contribution is 1.98. The van der Waals surface area contributed by atoms with Crippen molar-refractivity contribution in [1.82, 2.24) is 15.2 Å². The van der Waals surface area contributed by atoms with E-state index in [0.717, 1.165) is 13.0 Å². The van der Waals surface area contributed by atoms with Gasteiger partial charge >= 0.3 is 0 Å². The van der Waals surface area contributed by atoms with E-state index >= 15 is 0 Å². The first-order chi connectivity index (χ1) is 7.65. The predicted octanol–water partition coefficient (Wildman–Crippen LogP) is 1.14. The van der Waals surface area contributed by atoms with Crippen molar-refractivity contribution in [2.45, 2.75) is 26.3 Å². The van der Waals surface area contributed by atoms with Crippen LogP contribution in [0.2, 0.25) is 0 Å². The first kappa shape index (κ1) is 12.8. The Morgan fingerprint density at radius 1 is 1.50 bits per heavy atom. The van der Waals surface area contributed by atoms with Gasteiger partial charge in [-0.15, -0.1) is 0 Å². The third-order valence-corrected chi connectivity index (χ3v) is 2.69. The molecule has 1 rings (SSSR count). The molecule has 1 heterocycles. The maximum atomic E-state index is 11.7. The lowest BCUT2D eigenvalue weighted by molar-refractivity contribution is 0.0945. The maximum Gasteiger partial charge on any atom is 0.267 e. The van der Waals surface area contributed by atoms with Gasteiger partial charge in [-0.05, 0) is 25.5 Å². The molecule has 4 nitrogen and oxygen atoms in total. The van der Waals surface area contributed by atoms with Crippen LogP contribution in [-0.2, 0) is 7.05 Å². The van der Waals surface area contributed by atoms with Crippen LogP contribution in [0.1, 0.15) is 30.8 Å². The Morgan fingerprint density at radius 3 is 2.81 bits per heavy atom. The van der Waals surface area contributed by atoms with Crippen molar-refractivity contribution < 1.29 is 4.79 Å². The van der Waals surface area contributed by atoms with Crippen LogP contribution in [0.3, 0.4) is 0 Å². The molecule has 90 valence electrons. The second kappa shape index (κ2) is 6.33. The summed E-state index contributed by atoms with van der Waals surface area (Å²) in [5, 5.41) is 6.21. The molecular formula is C12H21N3O. The number of rotatable bonds is 6. The maximum absolute atomic E-state index is 11.7.